The summed E-state index contributed by atoms with van der Waals surface area (Å²) >= 11 is 6.18. The summed E-state index contributed by atoms with van der Waals surface area (Å²) in [5, 5.41) is 6.06. The van der Waals surface area contributed by atoms with Crippen LogP contribution >= 0.6 is 11.6 Å². The van der Waals surface area contributed by atoms with Crippen molar-refractivity contribution in [3.8, 4) is 11.5 Å². The minimum atomic E-state index is -0.239. The zero-order chi connectivity index (χ0) is 21.3. The van der Waals surface area contributed by atoms with E-state index in [1.165, 1.54) is 6.07 Å². The molecule has 7 nitrogen and oxygen atoms in total. The molecule has 0 aliphatic rings. The molecule has 2 heterocycles. The Balaban J connectivity index is 1.58. The van der Waals surface area contributed by atoms with Gasteiger partial charge in [0.15, 0.2) is 11.4 Å². The van der Waals surface area contributed by atoms with E-state index in [-0.39, 0.29) is 17.9 Å². The molecule has 152 valence electrons. The molecule has 0 atom stereocenters. The van der Waals surface area contributed by atoms with Gasteiger partial charge >= 0.3 is 0 Å². The first kappa shape index (κ1) is 19.7. The van der Waals surface area contributed by atoms with Gasteiger partial charge < -0.3 is 10.1 Å². The average Bonchev–Trinajstić information content (AvgIpc) is 3.08. The quantitative estimate of drug-likeness (QED) is 0.502. The molecule has 0 saturated heterocycles. The minimum absolute atomic E-state index is 0.0985. The number of nitrogens with zero attached hydrogens (tertiary/aromatic N) is 2. The Bertz CT molecular complexity index is 1310. The van der Waals surface area contributed by atoms with Crippen LogP contribution in [0.1, 0.15) is 17.0 Å². The lowest BCUT2D eigenvalue weighted by molar-refractivity contribution is -0.115. The molecule has 0 aliphatic heterocycles. The number of carbonyl (C=O) groups is 1. The average molecular weight is 423 g/mol. The van der Waals surface area contributed by atoms with Crippen LogP contribution < -0.4 is 15.6 Å². The van der Waals surface area contributed by atoms with Crippen molar-refractivity contribution in [3.05, 3.63) is 86.9 Å². The van der Waals surface area contributed by atoms with Gasteiger partial charge in [-0.05, 0) is 38.1 Å². The Morgan fingerprint density at radius 2 is 1.83 bits per heavy atom. The highest BCUT2D eigenvalue weighted by Crippen LogP contribution is 2.33. The number of rotatable bonds is 5. The molecule has 30 heavy (non-hydrogen) atoms. The molecule has 8 heteroatoms. The van der Waals surface area contributed by atoms with E-state index >= 15 is 0 Å². The van der Waals surface area contributed by atoms with Crippen LogP contribution in [0.25, 0.3) is 5.65 Å². The van der Waals surface area contributed by atoms with Gasteiger partial charge in [-0.25, -0.2) is 9.50 Å². The Morgan fingerprint density at radius 1 is 1.13 bits per heavy atom. The number of aromatic nitrogens is 3. The molecule has 0 unspecified atom stereocenters. The number of para-hydroxylation sites is 3. The molecule has 2 aromatic carbocycles. The number of hydrogen-bond acceptors (Lipinski definition) is 4. The molecule has 2 N–H and O–H groups in total. The first-order valence-corrected chi connectivity index (χ1v) is 9.69. The number of hydrogen-bond donors (Lipinski definition) is 2. The molecule has 0 fully saturated rings. The van der Waals surface area contributed by atoms with E-state index in [0.29, 0.717) is 33.6 Å². The SMILES string of the molecule is Cc1nc2cc(=O)[nH]n2c(C)c1CC(=O)Nc1ccccc1Oc1ccccc1Cl. The molecule has 0 bridgehead atoms. The fraction of sp³-hybridized carbons (Fsp3) is 0.136. The number of aromatic amines is 1. The van der Waals surface area contributed by atoms with Crippen LogP contribution in [0, 0.1) is 13.8 Å². The Labute approximate surface area is 177 Å². The monoisotopic (exact) mass is 422 g/mol. The van der Waals surface area contributed by atoms with Crippen LogP contribution in [0.2, 0.25) is 5.02 Å². The standard InChI is InChI=1S/C22H19ClN4O3/c1-13-15(14(2)27-20(24-13)12-22(29)26-27)11-21(28)25-17-8-4-6-10-19(17)30-18-9-5-3-7-16(18)23/h3-10,12H,11H2,1-2H3,(H,25,28)(H,26,29). The summed E-state index contributed by atoms with van der Waals surface area (Å²) in [4.78, 5) is 28.8. The van der Waals surface area contributed by atoms with Gasteiger partial charge in [0.1, 0.15) is 5.75 Å². The van der Waals surface area contributed by atoms with Crippen LogP contribution in [0.3, 0.4) is 0 Å². The van der Waals surface area contributed by atoms with Crippen molar-refractivity contribution >= 4 is 28.8 Å². The van der Waals surface area contributed by atoms with Crippen molar-refractivity contribution in [1.29, 1.82) is 0 Å². The maximum atomic E-state index is 12.8. The topological polar surface area (TPSA) is 88.5 Å². The molecule has 0 saturated carbocycles. The summed E-state index contributed by atoms with van der Waals surface area (Å²) < 4.78 is 7.49. The van der Waals surface area contributed by atoms with Crippen molar-refractivity contribution < 1.29 is 9.53 Å². The number of anilines is 1. The normalized spacial score (nSPS) is 10.9. The van der Waals surface area contributed by atoms with E-state index in [9.17, 15) is 9.59 Å². The predicted molar refractivity (Wildman–Crippen MR) is 116 cm³/mol. The molecular weight excluding hydrogens is 404 g/mol. The van der Waals surface area contributed by atoms with Crippen LogP contribution in [0.5, 0.6) is 11.5 Å². The number of benzene rings is 2. The summed E-state index contributed by atoms with van der Waals surface area (Å²) in [6.07, 6.45) is 0.0985. The van der Waals surface area contributed by atoms with E-state index in [1.54, 1.807) is 28.8 Å². The number of H-pyrrole nitrogens is 1. The van der Waals surface area contributed by atoms with Gasteiger partial charge in [0.2, 0.25) is 5.91 Å². The Morgan fingerprint density at radius 3 is 2.60 bits per heavy atom. The van der Waals surface area contributed by atoms with Gasteiger partial charge in [-0.15, -0.1) is 0 Å². The number of ether oxygens (including phenoxy) is 1. The van der Waals surface area contributed by atoms with E-state index in [2.05, 4.69) is 15.4 Å². The smallest absolute Gasteiger partial charge is 0.266 e. The molecule has 0 spiro atoms. The van der Waals surface area contributed by atoms with Gasteiger partial charge in [0.05, 0.1) is 17.1 Å². The second-order valence-electron chi connectivity index (χ2n) is 6.83. The van der Waals surface area contributed by atoms with Crippen molar-refractivity contribution in [1.82, 2.24) is 14.6 Å². The summed E-state index contributed by atoms with van der Waals surface area (Å²) in [7, 11) is 0. The van der Waals surface area contributed by atoms with E-state index in [4.69, 9.17) is 16.3 Å². The summed E-state index contributed by atoms with van der Waals surface area (Å²) in [5.41, 5.74) is 3.02. The van der Waals surface area contributed by atoms with Crippen molar-refractivity contribution in [2.75, 3.05) is 5.32 Å². The molecule has 4 aromatic rings. The second-order valence-corrected chi connectivity index (χ2v) is 7.24. The van der Waals surface area contributed by atoms with Crippen LogP contribution in [-0.2, 0) is 11.2 Å². The maximum absolute atomic E-state index is 12.8. The lowest BCUT2D eigenvalue weighted by Crippen LogP contribution is -2.18. The Kier molecular flexibility index (Phi) is 5.29. The minimum Gasteiger partial charge on any atom is -0.454 e. The largest absolute Gasteiger partial charge is 0.454 e. The van der Waals surface area contributed by atoms with Gasteiger partial charge in [-0.1, -0.05) is 35.9 Å². The lowest BCUT2D eigenvalue weighted by atomic mass is 10.1. The van der Waals surface area contributed by atoms with E-state index in [1.807, 2.05) is 38.1 Å². The van der Waals surface area contributed by atoms with Crippen LogP contribution in [-0.4, -0.2) is 20.5 Å². The highest BCUT2D eigenvalue weighted by Gasteiger charge is 2.16. The number of fused-ring (bicyclic) bond motifs is 1. The van der Waals surface area contributed by atoms with Crippen molar-refractivity contribution in [2.45, 2.75) is 20.3 Å². The van der Waals surface area contributed by atoms with E-state index < -0.39 is 0 Å². The highest BCUT2D eigenvalue weighted by atomic mass is 35.5. The summed E-state index contributed by atoms with van der Waals surface area (Å²) in [5.74, 6) is 0.751. The summed E-state index contributed by atoms with van der Waals surface area (Å²) in [6, 6.07) is 15.7. The number of halogens is 1. The third-order valence-electron chi connectivity index (χ3n) is 4.76. The van der Waals surface area contributed by atoms with Crippen LogP contribution in [0.4, 0.5) is 5.69 Å². The number of aryl methyl sites for hydroxylation is 2. The second kappa shape index (κ2) is 8.04. The highest BCUT2D eigenvalue weighted by molar-refractivity contribution is 6.32. The van der Waals surface area contributed by atoms with Crippen molar-refractivity contribution in [3.63, 3.8) is 0 Å². The number of carbonyl (C=O) groups excluding carboxylic acids is 1. The molecule has 2 aromatic heterocycles. The lowest BCUT2D eigenvalue weighted by Gasteiger charge is -2.14. The molecule has 0 aliphatic carbocycles. The first-order valence-electron chi connectivity index (χ1n) is 9.31. The zero-order valence-corrected chi connectivity index (χ0v) is 17.2. The van der Waals surface area contributed by atoms with Gasteiger partial charge in [0, 0.05) is 23.0 Å². The maximum Gasteiger partial charge on any atom is 0.266 e. The first-order chi connectivity index (χ1) is 14.4. The fourth-order valence-corrected chi connectivity index (χ4v) is 3.45. The zero-order valence-electron chi connectivity index (χ0n) is 16.4. The summed E-state index contributed by atoms with van der Waals surface area (Å²) in [6.45, 7) is 3.66. The molecule has 4 rings (SSSR count). The molecule has 1 amide bonds. The van der Waals surface area contributed by atoms with Gasteiger partial charge in [0.25, 0.3) is 5.56 Å². The third-order valence-corrected chi connectivity index (χ3v) is 5.07. The molecular formula is C22H19ClN4O3. The number of amides is 1. The van der Waals surface area contributed by atoms with Crippen molar-refractivity contribution in [2.24, 2.45) is 0 Å². The van der Waals surface area contributed by atoms with E-state index in [0.717, 1.165) is 11.3 Å². The third kappa shape index (κ3) is 3.92. The predicted octanol–water partition coefficient (Wildman–Crippen LogP) is 4.27. The number of nitrogens with one attached hydrogen (secondary N) is 2. The molecule has 0 radical (unpaired) electrons. The van der Waals surface area contributed by atoms with Crippen LogP contribution in [0.15, 0.2) is 59.4 Å². The Hall–Kier alpha value is -3.58. The van der Waals surface area contributed by atoms with Gasteiger partial charge in [-0.2, -0.15) is 0 Å². The fourth-order valence-electron chi connectivity index (χ4n) is 3.27. The van der Waals surface area contributed by atoms with Gasteiger partial charge in [-0.3, -0.25) is 14.7 Å².